The molecule has 0 aliphatic heterocycles. The molecule has 1 aliphatic rings. The van der Waals surface area contributed by atoms with Crippen LogP contribution in [0.2, 0.25) is 0 Å². The van der Waals surface area contributed by atoms with Gasteiger partial charge in [0, 0.05) is 12.8 Å². The Bertz CT molecular complexity index is 158. The molecular weight excluding hydrogens is 154 g/mol. The molecule has 0 unspecified atom stereocenters. The first-order valence-electron chi connectivity index (χ1n) is 3.54. The second kappa shape index (κ2) is 2.52. The largest absolute Gasteiger partial charge is 0.382 e. The van der Waals surface area contributed by atoms with Gasteiger partial charge in [-0.1, -0.05) is 0 Å². The van der Waals surface area contributed by atoms with Crippen LogP contribution in [0.3, 0.4) is 0 Å². The second-order valence-electron chi connectivity index (χ2n) is 3.08. The Hall–Kier alpha value is -0.510. The Morgan fingerprint density at radius 1 is 1.18 bits per heavy atom. The SMILES string of the molecule is O=CC1(O)CCC(F)(F)CC1. The van der Waals surface area contributed by atoms with Gasteiger partial charge in [0.05, 0.1) is 0 Å². The van der Waals surface area contributed by atoms with E-state index < -0.39 is 11.5 Å². The highest BCUT2D eigenvalue weighted by Gasteiger charge is 2.41. The van der Waals surface area contributed by atoms with Crippen LogP contribution in [0.25, 0.3) is 0 Å². The lowest BCUT2D eigenvalue weighted by Gasteiger charge is -2.31. The van der Waals surface area contributed by atoms with Crippen molar-refractivity contribution in [2.45, 2.75) is 37.2 Å². The van der Waals surface area contributed by atoms with Crippen molar-refractivity contribution in [1.29, 1.82) is 0 Å². The summed E-state index contributed by atoms with van der Waals surface area (Å²) in [5.41, 5.74) is -1.48. The van der Waals surface area contributed by atoms with Gasteiger partial charge in [-0.05, 0) is 12.8 Å². The monoisotopic (exact) mass is 164 g/mol. The Kier molecular flexibility index (Phi) is 1.96. The van der Waals surface area contributed by atoms with Gasteiger partial charge in [-0.2, -0.15) is 0 Å². The summed E-state index contributed by atoms with van der Waals surface area (Å²) in [6.07, 6.45) is -0.653. The zero-order chi connectivity index (χ0) is 8.54. The van der Waals surface area contributed by atoms with Gasteiger partial charge in [0.15, 0.2) is 6.29 Å². The summed E-state index contributed by atoms with van der Waals surface area (Å²) in [4.78, 5) is 10.2. The average molecular weight is 164 g/mol. The molecule has 0 aromatic heterocycles. The summed E-state index contributed by atoms with van der Waals surface area (Å²) in [6.45, 7) is 0. The van der Waals surface area contributed by atoms with E-state index in [2.05, 4.69) is 0 Å². The van der Waals surface area contributed by atoms with Crippen molar-refractivity contribution in [3.05, 3.63) is 0 Å². The molecule has 1 rings (SSSR count). The third kappa shape index (κ3) is 1.96. The van der Waals surface area contributed by atoms with E-state index in [0.29, 0.717) is 6.29 Å². The Morgan fingerprint density at radius 3 is 2.00 bits per heavy atom. The van der Waals surface area contributed by atoms with Gasteiger partial charge in [-0.25, -0.2) is 8.78 Å². The lowest BCUT2D eigenvalue weighted by Crippen LogP contribution is -2.39. The number of alkyl halides is 2. The number of carbonyl (C=O) groups is 1. The molecule has 0 aromatic carbocycles. The Labute approximate surface area is 63.2 Å². The number of rotatable bonds is 1. The van der Waals surface area contributed by atoms with Crippen LogP contribution in [0.5, 0.6) is 0 Å². The van der Waals surface area contributed by atoms with Crippen molar-refractivity contribution >= 4 is 6.29 Å². The lowest BCUT2D eigenvalue weighted by atomic mass is 9.84. The highest BCUT2D eigenvalue weighted by Crippen LogP contribution is 2.37. The minimum atomic E-state index is -2.69. The molecule has 4 heteroatoms. The summed E-state index contributed by atoms with van der Waals surface area (Å²) >= 11 is 0. The van der Waals surface area contributed by atoms with E-state index in [-0.39, 0.29) is 25.7 Å². The Morgan fingerprint density at radius 2 is 1.64 bits per heavy atom. The number of aliphatic hydroxyl groups is 1. The molecule has 64 valence electrons. The van der Waals surface area contributed by atoms with Gasteiger partial charge < -0.3 is 9.90 Å². The van der Waals surface area contributed by atoms with E-state index >= 15 is 0 Å². The molecule has 1 N–H and O–H groups in total. The normalized spacial score (nSPS) is 27.9. The van der Waals surface area contributed by atoms with Crippen LogP contribution in [-0.4, -0.2) is 22.9 Å². The van der Waals surface area contributed by atoms with Crippen LogP contribution in [0.4, 0.5) is 8.78 Å². The highest BCUT2D eigenvalue weighted by molar-refractivity contribution is 5.62. The zero-order valence-corrected chi connectivity index (χ0v) is 6.02. The van der Waals surface area contributed by atoms with Crippen molar-refractivity contribution in [3.63, 3.8) is 0 Å². The van der Waals surface area contributed by atoms with Gasteiger partial charge >= 0.3 is 0 Å². The summed E-state index contributed by atoms with van der Waals surface area (Å²) in [6, 6.07) is 0. The number of carbonyl (C=O) groups excluding carboxylic acids is 1. The first kappa shape index (κ1) is 8.59. The lowest BCUT2D eigenvalue weighted by molar-refractivity contribution is -0.138. The number of aldehydes is 1. The van der Waals surface area contributed by atoms with E-state index in [9.17, 15) is 18.7 Å². The fourth-order valence-electron chi connectivity index (χ4n) is 1.17. The highest BCUT2D eigenvalue weighted by atomic mass is 19.3. The molecule has 0 amide bonds. The molecule has 1 aliphatic carbocycles. The molecule has 0 saturated heterocycles. The smallest absolute Gasteiger partial charge is 0.248 e. The third-order valence-corrected chi connectivity index (χ3v) is 2.07. The van der Waals surface area contributed by atoms with Gasteiger partial charge in [0.25, 0.3) is 0 Å². The van der Waals surface area contributed by atoms with E-state index in [1.54, 1.807) is 0 Å². The van der Waals surface area contributed by atoms with Crippen LogP contribution in [0.15, 0.2) is 0 Å². The topological polar surface area (TPSA) is 37.3 Å². The molecule has 0 aromatic rings. The van der Waals surface area contributed by atoms with Crippen molar-refractivity contribution in [2.24, 2.45) is 0 Å². The Balaban J connectivity index is 2.54. The zero-order valence-electron chi connectivity index (χ0n) is 6.02. The minimum Gasteiger partial charge on any atom is -0.382 e. The minimum absolute atomic E-state index is 0.122. The van der Waals surface area contributed by atoms with E-state index in [4.69, 9.17) is 0 Å². The van der Waals surface area contributed by atoms with Crippen LogP contribution in [-0.2, 0) is 4.79 Å². The summed E-state index contributed by atoms with van der Waals surface area (Å²) in [5.74, 6) is -2.69. The molecule has 0 bridgehead atoms. The molecule has 0 atom stereocenters. The van der Waals surface area contributed by atoms with Crippen LogP contribution in [0.1, 0.15) is 25.7 Å². The standard InChI is InChI=1S/C7H10F2O2/c8-7(9)3-1-6(11,5-10)2-4-7/h5,11H,1-4H2. The number of hydrogen-bond acceptors (Lipinski definition) is 2. The summed E-state index contributed by atoms with van der Waals surface area (Å²) < 4.78 is 24.9. The van der Waals surface area contributed by atoms with Crippen LogP contribution >= 0.6 is 0 Å². The van der Waals surface area contributed by atoms with Crippen LogP contribution in [0, 0.1) is 0 Å². The summed E-state index contributed by atoms with van der Waals surface area (Å²) in [7, 11) is 0. The molecule has 0 spiro atoms. The number of hydrogen-bond donors (Lipinski definition) is 1. The molecule has 0 radical (unpaired) electrons. The van der Waals surface area contributed by atoms with Gasteiger partial charge in [-0.15, -0.1) is 0 Å². The maximum atomic E-state index is 12.5. The van der Waals surface area contributed by atoms with Gasteiger partial charge in [0.1, 0.15) is 5.60 Å². The van der Waals surface area contributed by atoms with Crippen molar-refractivity contribution in [1.82, 2.24) is 0 Å². The maximum Gasteiger partial charge on any atom is 0.248 e. The quantitative estimate of drug-likeness (QED) is 0.590. The van der Waals surface area contributed by atoms with Crippen LogP contribution < -0.4 is 0 Å². The maximum absolute atomic E-state index is 12.5. The molecule has 2 nitrogen and oxygen atoms in total. The van der Waals surface area contributed by atoms with Crippen molar-refractivity contribution < 1.29 is 18.7 Å². The van der Waals surface area contributed by atoms with Crippen molar-refractivity contribution in [3.8, 4) is 0 Å². The van der Waals surface area contributed by atoms with Crippen molar-refractivity contribution in [2.75, 3.05) is 0 Å². The molecular formula is C7H10F2O2. The molecule has 0 heterocycles. The number of halogens is 2. The molecule has 1 saturated carbocycles. The predicted octanol–water partition coefficient (Wildman–Crippen LogP) is 1.13. The molecule has 1 fully saturated rings. The van der Waals surface area contributed by atoms with E-state index in [1.807, 2.05) is 0 Å². The van der Waals surface area contributed by atoms with Gasteiger partial charge in [0.2, 0.25) is 5.92 Å². The van der Waals surface area contributed by atoms with Gasteiger partial charge in [-0.3, -0.25) is 0 Å². The molecule has 11 heavy (non-hydrogen) atoms. The first-order chi connectivity index (χ1) is 4.97. The second-order valence-corrected chi connectivity index (χ2v) is 3.08. The average Bonchev–Trinajstić information content (AvgIpc) is 1.97. The first-order valence-corrected chi connectivity index (χ1v) is 3.54. The van der Waals surface area contributed by atoms with E-state index in [1.165, 1.54) is 0 Å². The fraction of sp³-hybridized carbons (Fsp3) is 0.857. The third-order valence-electron chi connectivity index (χ3n) is 2.07. The predicted molar refractivity (Wildman–Crippen MR) is 34.4 cm³/mol. The fourth-order valence-corrected chi connectivity index (χ4v) is 1.17. The summed E-state index contributed by atoms with van der Waals surface area (Å²) in [5, 5.41) is 9.21. The van der Waals surface area contributed by atoms with E-state index in [0.717, 1.165) is 0 Å².